The normalized spacial score (nSPS) is 9.75. The first-order valence-corrected chi connectivity index (χ1v) is 3.09. The summed E-state index contributed by atoms with van der Waals surface area (Å²) in [5, 5.41) is 9.39. The molecule has 0 atom stereocenters. The zero-order valence-corrected chi connectivity index (χ0v) is 5.26. The summed E-state index contributed by atoms with van der Waals surface area (Å²) in [6, 6.07) is 0. The van der Waals surface area contributed by atoms with E-state index >= 15 is 0 Å². The Balaban J connectivity index is 3.19. The van der Waals surface area contributed by atoms with Crippen molar-refractivity contribution < 1.29 is 9.50 Å². The Morgan fingerprint density at radius 3 is 2.50 bits per heavy atom. The molecule has 0 saturated heterocycles. The molecule has 1 N–H and O–H groups in total. The van der Waals surface area contributed by atoms with Gasteiger partial charge < -0.3 is 5.11 Å². The SMILES string of the molecule is Oc1scc(F)c1Cl. The van der Waals surface area contributed by atoms with Crippen molar-refractivity contribution in [2.24, 2.45) is 0 Å². The van der Waals surface area contributed by atoms with Gasteiger partial charge in [-0.25, -0.2) is 4.39 Å². The van der Waals surface area contributed by atoms with Crippen LogP contribution in [0.3, 0.4) is 0 Å². The summed E-state index contributed by atoms with van der Waals surface area (Å²) < 4.78 is 12.1. The highest BCUT2D eigenvalue weighted by atomic mass is 35.5. The van der Waals surface area contributed by atoms with Crippen molar-refractivity contribution in [1.29, 1.82) is 0 Å². The summed E-state index contributed by atoms with van der Waals surface area (Å²) in [7, 11) is 0. The van der Waals surface area contributed by atoms with Gasteiger partial charge in [0.05, 0.1) is 0 Å². The number of thiophene rings is 1. The van der Waals surface area contributed by atoms with Crippen LogP contribution in [0.2, 0.25) is 5.02 Å². The molecule has 0 fully saturated rings. The zero-order chi connectivity index (χ0) is 6.15. The Morgan fingerprint density at radius 2 is 2.38 bits per heavy atom. The van der Waals surface area contributed by atoms with E-state index in [1.807, 2.05) is 0 Å². The number of rotatable bonds is 0. The Morgan fingerprint density at radius 1 is 1.75 bits per heavy atom. The Kier molecular flexibility index (Phi) is 1.40. The first-order chi connectivity index (χ1) is 3.72. The second-order valence-corrected chi connectivity index (χ2v) is 2.44. The first-order valence-electron chi connectivity index (χ1n) is 1.83. The largest absolute Gasteiger partial charge is 0.498 e. The standard InChI is InChI=1S/C4H2ClFOS/c5-3-2(6)1-8-4(3)7/h1,7H. The third-order valence-corrected chi connectivity index (χ3v) is 1.90. The molecule has 4 heteroatoms. The molecular weight excluding hydrogens is 151 g/mol. The lowest BCUT2D eigenvalue weighted by atomic mass is 10.6. The molecule has 1 aromatic heterocycles. The fraction of sp³-hybridized carbons (Fsp3) is 0. The quantitative estimate of drug-likeness (QED) is 0.605. The molecular formula is C4H2ClFOS. The fourth-order valence-corrected chi connectivity index (χ4v) is 1.10. The molecule has 0 bridgehead atoms. The van der Waals surface area contributed by atoms with Crippen LogP contribution in [0.25, 0.3) is 0 Å². The third-order valence-electron chi connectivity index (χ3n) is 0.671. The molecule has 1 heterocycles. The van der Waals surface area contributed by atoms with Gasteiger partial charge in [-0.1, -0.05) is 11.6 Å². The van der Waals surface area contributed by atoms with Crippen LogP contribution in [0.15, 0.2) is 5.38 Å². The molecule has 0 unspecified atom stereocenters. The van der Waals surface area contributed by atoms with Gasteiger partial charge in [0.15, 0.2) is 10.9 Å². The molecule has 0 radical (unpaired) electrons. The number of halogens is 2. The van der Waals surface area contributed by atoms with Gasteiger partial charge >= 0.3 is 0 Å². The number of aromatic hydroxyl groups is 1. The van der Waals surface area contributed by atoms with Crippen LogP contribution in [0.5, 0.6) is 5.06 Å². The molecule has 1 nitrogen and oxygen atoms in total. The summed E-state index contributed by atoms with van der Waals surface area (Å²) in [5.74, 6) is -0.561. The molecule has 1 aromatic rings. The van der Waals surface area contributed by atoms with E-state index in [-0.39, 0.29) is 10.1 Å². The Labute approximate surface area is 54.3 Å². The third kappa shape index (κ3) is 0.788. The lowest BCUT2D eigenvalue weighted by Crippen LogP contribution is -1.60. The maximum Gasteiger partial charge on any atom is 0.193 e. The average Bonchev–Trinajstić information content (AvgIpc) is 1.98. The van der Waals surface area contributed by atoms with E-state index in [0.717, 1.165) is 16.7 Å². The van der Waals surface area contributed by atoms with E-state index in [9.17, 15) is 4.39 Å². The molecule has 0 aliphatic carbocycles. The van der Waals surface area contributed by atoms with E-state index in [1.165, 1.54) is 0 Å². The van der Waals surface area contributed by atoms with Crippen LogP contribution >= 0.6 is 22.9 Å². The van der Waals surface area contributed by atoms with Crippen molar-refractivity contribution in [3.05, 3.63) is 16.2 Å². The van der Waals surface area contributed by atoms with E-state index in [0.29, 0.717) is 0 Å². The molecule has 0 aromatic carbocycles. The Bertz CT molecular complexity index is 178. The molecule has 0 amide bonds. The van der Waals surface area contributed by atoms with Crippen LogP contribution in [-0.4, -0.2) is 5.11 Å². The van der Waals surface area contributed by atoms with E-state index in [2.05, 4.69) is 0 Å². The van der Waals surface area contributed by atoms with Gasteiger partial charge in [0, 0.05) is 5.38 Å². The summed E-state index contributed by atoms with van der Waals surface area (Å²) in [6.45, 7) is 0. The van der Waals surface area contributed by atoms with Crippen LogP contribution in [-0.2, 0) is 0 Å². The maximum absolute atomic E-state index is 12.1. The summed E-state index contributed by atoms with van der Waals surface area (Å²) in [4.78, 5) is 0. The highest BCUT2D eigenvalue weighted by Crippen LogP contribution is 2.32. The minimum Gasteiger partial charge on any atom is -0.498 e. The lowest BCUT2D eigenvalue weighted by molar-refractivity contribution is 0.487. The zero-order valence-electron chi connectivity index (χ0n) is 3.69. The molecule has 44 valence electrons. The van der Waals surface area contributed by atoms with E-state index < -0.39 is 5.82 Å². The van der Waals surface area contributed by atoms with Gasteiger partial charge in [0.2, 0.25) is 0 Å². The van der Waals surface area contributed by atoms with Gasteiger partial charge in [-0.05, 0) is 0 Å². The summed E-state index contributed by atoms with van der Waals surface area (Å²) >= 11 is 6.06. The molecule has 0 saturated carbocycles. The molecule has 0 aliphatic heterocycles. The van der Waals surface area contributed by atoms with Crippen molar-refractivity contribution in [3.8, 4) is 5.06 Å². The second kappa shape index (κ2) is 1.91. The fourth-order valence-electron chi connectivity index (χ4n) is 0.313. The molecule has 8 heavy (non-hydrogen) atoms. The van der Waals surface area contributed by atoms with Crippen LogP contribution in [0, 0.1) is 5.82 Å². The van der Waals surface area contributed by atoms with Crippen molar-refractivity contribution in [2.45, 2.75) is 0 Å². The highest BCUT2D eigenvalue weighted by Gasteiger charge is 2.05. The molecule has 0 aliphatic rings. The average molecular weight is 153 g/mol. The van der Waals surface area contributed by atoms with Gasteiger partial charge in [0.1, 0.15) is 5.02 Å². The first kappa shape index (κ1) is 5.85. The predicted octanol–water partition coefficient (Wildman–Crippen LogP) is 2.25. The van der Waals surface area contributed by atoms with Gasteiger partial charge in [-0.3, -0.25) is 0 Å². The highest BCUT2D eigenvalue weighted by molar-refractivity contribution is 7.12. The number of hydrogen-bond acceptors (Lipinski definition) is 2. The van der Waals surface area contributed by atoms with Crippen molar-refractivity contribution >= 4 is 22.9 Å². The van der Waals surface area contributed by atoms with Gasteiger partial charge in [-0.2, -0.15) is 0 Å². The molecule has 1 rings (SSSR count). The van der Waals surface area contributed by atoms with Crippen molar-refractivity contribution in [3.63, 3.8) is 0 Å². The summed E-state index contributed by atoms with van der Waals surface area (Å²) in [6.07, 6.45) is 0. The van der Waals surface area contributed by atoms with Crippen LogP contribution < -0.4 is 0 Å². The van der Waals surface area contributed by atoms with Crippen LogP contribution in [0.1, 0.15) is 0 Å². The second-order valence-electron chi connectivity index (χ2n) is 1.20. The molecule has 0 spiro atoms. The van der Waals surface area contributed by atoms with E-state index in [4.69, 9.17) is 16.7 Å². The van der Waals surface area contributed by atoms with Crippen molar-refractivity contribution in [1.82, 2.24) is 0 Å². The van der Waals surface area contributed by atoms with Crippen molar-refractivity contribution in [2.75, 3.05) is 0 Å². The Hall–Kier alpha value is -0.280. The van der Waals surface area contributed by atoms with Gasteiger partial charge in [-0.15, -0.1) is 11.3 Å². The maximum atomic E-state index is 12.1. The minimum atomic E-state index is -0.561. The van der Waals surface area contributed by atoms with E-state index in [1.54, 1.807) is 0 Å². The number of hydrogen-bond donors (Lipinski definition) is 1. The van der Waals surface area contributed by atoms with Gasteiger partial charge in [0.25, 0.3) is 0 Å². The topological polar surface area (TPSA) is 20.2 Å². The monoisotopic (exact) mass is 152 g/mol. The minimum absolute atomic E-state index is 0.163. The summed E-state index contributed by atoms with van der Waals surface area (Å²) in [5.41, 5.74) is 0. The lowest BCUT2D eigenvalue weighted by Gasteiger charge is -1.79. The van der Waals surface area contributed by atoms with Crippen LogP contribution in [0.4, 0.5) is 4.39 Å². The smallest absolute Gasteiger partial charge is 0.193 e. The predicted molar refractivity (Wildman–Crippen MR) is 31.0 cm³/mol.